The second-order valence-corrected chi connectivity index (χ2v) is 6.31. The van der Waals surface area contributed by atoms with Gasteiger partial charge in [-0.15, -0.1) is 6.58 Å². The third-order valence-electron chi connectivity index (χ3n) is 4.58. The molecule has 126 valence electrons. The fourth-order valence-corrected chi connectivity index (χ4v) is 3.08. The number of methoxy groups -OCH3 is 1. The van der Waals surface area contributed by atoms with Crippen molar-refractivity contribution in [1.82, 2.24) is 10.2 Å². The minimum atomic E-state index is -0.00843. The molecule has 23 heavy (non-hydrogen) atoms. The molecule has 1 heterocycles. The molecule has 4 nitrogen and oxygen atoms in total. The van der Waals surface area contributed by atoms with Crippen LogP contribution in [0.4, 0.5) is 0 Å². The molecular formula is C19H28N2O2. The highest BCUT2D eigenvalue weighted by molar-refractivity contribution is 5.94. The Balaban J connectivity index is 1.85. The third kappa shape index (κ3) is 5.10. The van der Waals surface area contributed by atoms with Crippen molar-refractivity contribution in [1.29, 1.82) is 0 Å². The number of benzene rings is 1. The van der Waals surface area contributed by atoms with Gasteiger partial charge in [-0.3, -0.25) is 4.79 Å². The molecule has 4 heteroatoms. The summed E-state index contributed by atoms with van der Waals surface area (Å²) < 4.78 is 5.32. The van der Waals surface area contributed by atoms with Crippen LogP contribution in [-0.2, 0) is 6.42 Å². The van der Waals surface area contributed by atoms with Crippen LogP contribution in [0, 0.1) is 5.92 Å². The molecule has 1 fully saturated rings. The van der Waals surface area contributed by atoms with E-state index in [1.807, 2.05) is 24.3 Å². The van der Waals surface area contributed by atoms with Gasteiger partial charge < -0.3 is 15.0 Å². The summed E-state index contributed by atoms with van der Waals surface area (Å²) in [5, 5.41) is 3.05. The number of rotatable bonds is 7. The molecule has 1 aliphatic rings. The summed E-state index contributed by atoms with van der Waals surface area (Å²) in [6, 6.07) is 5.56. The number of carbonyl (C=O) groups excluding carboxylic acids is 1. The molecule has 1 aliphatic heterocycles. The van der Waals surface area contributed by atoms with Crippen molar-refractivity contribution in [2.45, 2.75) is 25.7 Å². The van der Waals surface area contributed by atoms with E-state index in [-0.39, 0.29) is 5.91 Å². The van der Waals surface area contributed by atoms with Crippen molar-refractivity contribution in [2.75, 3.05) is 33.8 Å². The predicted octanol–water partition coefficient (Wildman–Crippen LogP) is 2.89. The Bertz CT molecular complexity index is 534. The van der Waals surface area contributed by atoms with Crippen LogP contribution in [0.25, 0.3) is 0 Å². The zero-order valence-corrected chi connectivity index (χ0v) is 14.3. The highest BCUT2D eigenvalue weighted by atomic mass is 16.5. The lowest BCUT2D eigenvalue weighted by Gasteiger charge is -2.28. The lowest BCUT2D eigenvalue weighted by atomic mass is 9.94. The van der Waals surface area contributed by atoms with Crippen LogP contribution in [-0.4, -0.2) is 44.6 Å². The van der Waals surface area contributed by atoms with Gasteiger partial charge in [-0.05, 0) is 75.5 Å². The second kappa shape index (κ2) is 8.73. The molecule has 0 aromatic heterocycles. The van der Waals surface area contributed by atoms with Gasteiger partial charge in [0.2, 0.25) is 0 Å². The monoisotopic (exact) mass is 316 g/mol. The first kappa shape index (κ1) is 17.5. The maximum Gasteiger partial charge on any atom is 0.251 e. The lowest BCUT2D eigenvalue weighted by Crippen LogP contribution is -2.32. The summed E-state index contributed by atoms with van der Waals surface area (Å²) in [6.07, 6.45) is 6.05. The van der Waals surface area contributed by atoms with Gasteiger partial charge in [0.1, 0.15) is 5.75 Å². The van der Waals surface area contributed by atoms with Crippen molar-refractivity contribution in [2.24, 2.45) is 5.92 Å². The van der Waals surface area contributed by atoms with Gasteiger partial charge in [0.15, 0.2) is 0 Å². The molecule has 1 aromatic rings. The number of nitrogens with one attached hydrogen (secondary N) is 1. The summed E-state index contributed by atoms with van der Waals surface area (Å²) in [4.78, 5) is 14.7. The minimum absolute atomic E-state index is 0.00843. The van der Waals surface area contributed by atoms with Crippen molar-refractivity contribution >= 4 is 5.91 Å². The van der Waals surface area contributed by atoms with Gasteiger partial charge in [0.25, 0.3) is 5.91 Å². The van der Waals surface area contributed by atoms with Crippen LogP contribution in [0.2, 0.25) is 0 Å². The van der Waals surface area contributed by atoms with Crippen LogP contribution in [0.15, 0.2) is 30.9 Å². The van der Waals surface area contributed by atoms with Crippen molar-refractivity contribution in [3.63, 3.8) is 0 Å². The number of amides is 1. The Morgan fingerprint density at radius 1 is 1.43 bits per heavy atom. The molecule has 1 aromatic carbocycles. The zero-order valence-electron chi connectivity index (χ0n) is 14.3. The van der Waals surface area contributed by atoms with Gasteiger partial charge in [-0.1, -0.05) is 6.08 Å². The van der Waals surface area contributed by atoms with Crippen molar-refractivity contribution < 1.29 is 9.53 Å². The maximum atomic E-state index is 12.3. The van der Waals surface area contributed by atoms with Crippen LogP contribution in [0.5, 0.6) is 5.75 Å². The zero-order chi connectivity index (χ0) is 16.7. The largest absolute Gasteiger partial charge is 0.496 e. The number of hydrogen-bond donors (Lipinski definition) is 1. The molecule has 0 spiro atoms. The minimum Gasteiger partial charge on any atom is -0.496 e. The topological polar surface area (TPSA) is 41.6 Å². The molecule has 0 unspecified atom stereocenters. The van der Waals surface area contributed by atoms with E-state index in [4.69, 9.17) is 4.74 Å². The van der Waals surface area contributed by atoms with E-state index in [9.17, 15) is 4.79 Å². The summed E-state index contributed by atoms with van der Waals surface area (Å²) in [5.74, 6) is 1.53. The van der Waals surface area contributed by atoms with Gasteiger partial charge in [0.05, 0.1) is 7.11 Å². The van der Waals surface area contributed by atoms with Crippen LogP contribution >= 0.6 is 0 Å². The van der Waals surface area contributed by atoms with E-state index in [0.29, 0.717) is 12.0 Å². The third-order valence-corrected chi connectivity index (χ3v) is 4.58. The molecule has 1 N–H and O–H groups in total. The molecule has 0 saturated carbocycles. The highest BCUT2D eigenvalue weighted by Gasteiger charge is 2.16. The average molecular weight is 316 g/mol. The quantitative estimate of drug-likeness (QED) is 0.787. The molecule has 1 amide bonds. The Kier molecular flexibility index (Phi) is 6.66. The molecule has 0 atom stereocenters. The highest BCUT2D eigenvalue weighted by Crippen LogP contribution is 2.21. The standard InChI is InChI=1S/C19H28N2O2/c1-4-5-16-14-17(6-7-18(16)23-3)19(22)20-11-8-15-9-12-21(2)13-10-15/h4,6-7,14-15H,1,5,8-13H2,2-3H3,(H,20,22). The van der Waals surface area contributed by atoms with E-state index < -0.39 is 0 Å². The molecule has 0 bridgehead atoms. The number of hydrogen-bond acceptors (Lipinski definition) is 3. The van der Waals surface area contributed by atoms with Gasteiger partial charge in [-0.25, -0.2) is 0 Å². The van der Waals surface area contributed by atoms with Crippen LogP contribution in [0.1, 0.15) is 35.2 Å². The molecule has 0 aliphatic carbocycles. The molecular weight excluding hydrogens is 288 g/mol. The fraction of sp³-hybridized carbons (Fsp3) is 0.526. The molecule has 2 rings (SSSR count). The van der Waals surface area contributed by atoms with Crippen LogP contribution < -0.4 is 10.1 Å². The van der Waals surface area contributed by atoms with Gasteiger partial charge in [0, 0.05) is 12.1 Å². The first-order valence-corrected chi connectivity index (χ1v) is 8.38. The normalized spacial score (nSPS) is 16.1. The summed E-state index contributed by atoms with van der Waals surface area (Å²) in [7, 11) is 3.81. The number of ether oxygens (including phenoxy) is 1. The molecule has 0 radical (unpaired) electrons. The molecule has 1 saturated heterocycles. The first-order valence-electron chi connectivity index (χ1n) is 8.38. The average Bonchev–Trinajstić information content (AvgIpc) is 2.57. The Labute approximate surface area is 139 Å². The number of likely N-dealkylation sites (tertiary alicyclic amines) is 1. The number of piperidine rings is 1. The number of nitrogens with zero attached hydrogens (tertiary/aromatic N) is 1. The Morgan fingerprint density at radius 2 is 2.17 bits per heavy atom. The van der Waals surface area contributed by atoms with E-state index in [0.717, 1.165) is 30.2 Å². The van der Waals surface area contributed by atoms with E-state index >= 15 is 0 Å². The van der Waals surface area contributed by atoms with Crippen molar-refractivity contribution in [3.05, 3.63) is 42.0 Å². The van der Waals surface area contributed by atoms with Crippen LogP contribution in [0.3, 0.4) is 0 Å². The van der Waals surface area contributed by atoms with Gasteiger partial charge >= 0.3 is 0 Å². The SMILES string of the molecule is C=CCc1cc(C(=O)NCCC2CCN(C)CC2)ccc1OC. The smallest absolute Gasteiger partial charge is 0.251 e. The predicted molar refractivity (Wildman–Crippen MR) is 94.1 cm³/mol. The van der Waals surface area contributed by atoms with Crippen molar-refractivity contribution in [3.8, 4) is 5.75 Å². The summed E-state index contributed by atoms with van der Waals surface area (Å²) in [6.45, 7) is 6.84. The lowest BCUT2D eigenvalue weighted by molar-refractivity contribution is 0.0949. The summed E-state index contributed by atoms with van der Waals surface area (Å²) >= 11 is 0. The Hall–Kier alpha value is -1.81. The fourth-order valence-electron chi connectivity index (χ4n) is 3.08. The van der Waals surface area contributed by atoms with Gasteiger partial charge in [-0.2, -0.15) is 0 Å². The number of allylic oxidation sites excluding steroid dienone is 1. The van der Waals surface area contributed by atoms with E-state index in [1.54, 1.807) is 7.11 Å². The Morgan fingerprint density at radius 3 is 2.83 bits per heavy atom. The summed E-state index contributed by atoms with van der Waals surface area (Å²) in [5.41, 5.74) is 1.68. The van der Waals surface area contributed by atoms with E-state index in [2.05, 4.69) is 23.8 Å². The number of carbonyl (C=O) groups is 1. The first-order chi connectivity index (χ1) is 11.1. The van der Waals surface area contributed by atoms with E-state index in [1.165, 1.54) is 25.9 Å². The maximum absolute atomic E-state index is 12.3. The second-order valence-electron chi connectivity index (χ2n) is 6.31.